The highest BCUT2D eigenvalue weighted by atomic mass is 16.7. The summed E-state index contributed by atoms with van der Waals surface area (Å²) in [5.74, 6) is 2.54. The van der Waals surface area contributed by atoms with Crippen molar-refractivity contribution >= 4 is 5.91 Å². The van der Waals surface area contributed by atoms with Crippen molar-refractivity contribution < 1.29 is 19.0 Å². The second-order valence-corrected chi connectivity index (χ2v) is 11.4. The maximum atomic E-state index is 13.8. The highest BCUT2D eigenvalue weighted by molar-refractivity contribution is 5.78. The molecule has 2 aliphatic rings. The molecule has 3 atom stereocenters. The molecule has 0 N–H and O–H groups in total. The first-order chi connectivity index (χ1) is 19.9. The lowest BCUT2D eigenvalue weighted by molar-refractivity contribution is -0.133. The maximum Gasteiger partial charge on any atom is 0.236 e. The van der Waals surface area contributed by atoms with Crippen molar-refractivity contribution in [3.05, 3.63) is 54.6 Å². The minimum atomic E-state index is 0.142. The number of rotatable bonds is 16. The van der Waals surface area contributed by atoms with Crippen LogP contribution in [0.15, 0.2) is 43.4 Å². The van der Waals surface area contributed by atoms with Gasteiger partial charge in [-0.1, -0.05) is 19.4 Å². The Bertz CT molecular complexity index is 1130. The van der Waals surface area contributed by atoms with Gasteiger partial charge in [-0.15, -0.1) is 6.58 Å². The number of carbonyl (C=O) groups is 1. The lowest BCUT2D eigenvalue weighted by Gasteiger charge is -2.30. The van der Waals surface area contributed by atoms with E-state index in [0.29, 0.717) is 23.8 Å². The number of carbonyl (C=O) groups excluding carboxylic acids is 1. The number of nitrogens with zero attached hydrogens (tertiary/aromatic N) is 5. The average molecular weight is 566 g/mol. The molecule has 4 rings (SSSR count). The summed E-state index contributed by atoms with van der Waals surface area (Å²) in [4.78, 5) is 29.0. The molecular weight excluding hydrogens is 518 g/mol. The lowest BCUT2D eigenvalue weighted by Crippen LogP contribution is -2.44. The molecule has 2 aromatic rings. The number of aryl methyl sites for hydroxylation is 1. The number of likely N-dealkylation sites (tertiary alicyclic amines) is 1. The quantitative estimate of drug-likeness (QED) is 0.219. The highest BCUT2D eigenvalue weighted by Crippen LogP contribution is 2.47. The number of fused-ring (bicyclic) bond motifs is 1. The van der Waals surface area contributed by atoms with E-state index in [9.17, 15) is 4.79 Å². The first-order valence-electron chi connectivity index (χ1n) is 15.0. The minimum absolute atomic E-state index is 0.142. The van der Waals surface area contributed by atoms with Crippen molar-refractivity contribution in [1.29, 1.82) is 0 Å². The molecular formula is C32H47N5O4. The summed E-state index contributed by atoms with van der Waals surface area (Å²) >= 11 is 0. The first-order valence-corrected chi connectivity index (χ1v) is 15.0. The Morgan fingerprint density at radius 1 is 1.20 bits per heavy atom. The van der Waals surface area contributed by atoms with E-state index in [1.165, 1.54) is 0 Å². The summed E-state index contributed by atoms with van der Waals surface area (Å²) in [5.41, 5.74) is 2.12. The molecule has 0 saturated carbocycles. The minimum Gasteiger partial charge on any atom is -0.493 e. The number of hydrogen-bond acceptors (Lipinski definition) is 8. The van der Waals surface area contributed by atoms with E-state index in [1.54, 1.807) is 19.6 Å². The van der Waals surface area contributed by atoms with Gasteiger partial charge in [-0.2, -0.15) is 0 Å². The van der Waals surface area contributed by atoms with Crippen LogP contribution in [0, 0.1) is 5.92 Å². The molecule has 41 heavy (non-hydrogen) atoms. The molecule has 9 nitrogen and oxygen atoms in total. The van der Waals surface area contributed by atoms with Crippen LogP contribution < -0.4 is 14.2 Å². The fraction of sp³-hybridized carbons (Fsp3) is 0.594. The zero-order chi connectivity index (χ0) is 29.2. The predicted molar refractivity (Wildman–Crippen MR) is 161 cm³/mol. The van der Waals surface area contributed by atoms with Crippen LogP contribution in [0.1, 0.15) is 56.2 Å². The zero-order valence-corrected chi connectivity index (χ0v) is 25.3. The third-order valence-corrected chi connectivity index (χ3v) is 8.29. The van der Waals surface area contributed by atoms with Crippen LogP contribution in [-0.2, 0) is 11.2 Å². The van der Waals surface area contributed by atoms with Crippen LogP contribution in [0.5, 0.6) is 17.2 Å². The van der Waals surface area contributed by atoms with Gasteiger partial charge in [-0.25, -0.2) is 9.97 Å². The Kier molecular flexibility index (Phi) is 11.4. The standard InChI is InChI=1S/C32H47N5O4/c1-6-8-16-36(17-10-9-15-35(3)4)31(38)21-37-20-27(24-18-29(39-5)32-30(19-24)40-23-41-32)26(7-2)28(37)12-11-25-13-14-33-22-34-25/h7,13-14,18-19,22,26-28H,2,6,8-12,15-17,20-21,23H2,1,3-5H3/t26-,27-,28+/m1/s1. The highest BCUT2D eigenvalue weighted by Gasteiger charge is 2.42. The third-order valence-electron chi connectivity index (χ3n) is 8.29. The Hall–Kier alpha value is -3.17. The first kappa shape index (κ1) is 30.8. The van der Waals surface area contributed by atoms with E-state index >= 15 is 0 Å². The van der Waals surface area contributed by atoms with Gasteiger partial charge >= 0.3 is 0 Å². The molecule has 2 aliphatic heterocycles. The van der Waals surface area contributed by atoms with E-state index in [4.69, 9.17) is 14.2 Å². The number of benzene rings is 1. The van der Waals surface area contributed by atoms with Crippen molar-refractivity contribution in [3.63, 3.8) is 0 Å². The van der Waals surface area contributed by atoms with Gasteiger partial charge in [0.05, 0.1) is 13.7 Å². The van der Waals surface area contributed by atoms with Crippen LogP contribution in [0.4, 0.5) is 0 Å². The van der Waals surface area contributed by atoms with Gasteiger partial charge in [0, 0.05) is 49.4 Å². The average Bonchev–Trinajstić information content (AvgIpc) is 3.59. The molecule has 0 unspecified atom stereocenters. The monoisotopic (exact) mass is 565 g/mol. The molecule has 0 spiro atoms. The number of unbranched alkanes of at least 4 members (excludes halogenated alkanes) is 2. The van der Waals surface area contributed by atoms with Crippen LogP contribution in [0.2, 0.25) is 0 Å². The molecule has 224 valence electrons. The lowest BCUT2D eigenvalue weighted by atomic mass is 9.83. The van der Waals surface area contributed by atoms with Crippen molar-refractivity contribution in [2.75, 3.05) is 60.7 Å². The number of ether oxygens (including phenoxy) is 3. The number of amides is 1. The molecule has 0 radical (unpaired) electrons. The Labute approximate surface area is 245 Å². The molecule has 0 bridgehead atoms. The normalized spacial score (nSPS) is 20.0. The Morgan fingerprint density at radius 2 is 2.00 bits per heavy atom. The van der Waals surface area contributed by atoms with Crippen molar-refractivity contribution in [1.82, 2.24) is 24.7 Å². The molecule has 9 heteroatoms. The van der Waals surface area contributed by atoms with Gasteiger partial charge in [0.25, 0.3) is 0 Å². The summed E-state index contributed by atoms with van der Waals surface area (Å²) < 4.78 is 17.0. The van der Waals surface area contributed by atoms with Gasteiger partial charge < -0.3 is 24.0 Å². The van der Waals surface area contributed by atoms with Crippen molar-refractivity contribution in [2.24, 2.45) is 5.92 Å². The van der Waals surface area contributed by atoms with Crippen molar-refractivity contribution in [2.45, 2.75) is 57.4 Å². The Balaban J connectivity index is 1.55. The molecule has 1 aromatic carbocycles. The molecule has 0 aliphatic carbocycles. The number of aromatic nitrogens is 2. The maximum absolute atomic E-state index is 13.8. The summed E-state index contributed by atoms with van der Waals surface area (Å²) in [6, 6.07) is 6.24. The zero-order valence-electron chi connectivity index (χ0n) is 25.3. The van der Waals surface area contributed by atoms with E-state index in [1.807, 2.05) is 6.07 Å². The molecule has 1 amide bonds. The van der Waals surface area contributed by atoms with Crippen molar-refractivity contribution in [3.8, 4) is 17.2 Å². The van der Waals surface area contributed by atoms with Crippen LogP contribution in [-0.4, -0.2) is 97.3 Å². The van der Waals surface area contributed by atoms with Gasteiger partial charge in [-0.3, -0.25) is 9.69 Å². The van der Waals surface area contributed by atoms with Crippen LogP contribution >= 0.6 is 0 Å². The van der Waals surface area contributed by atoms with E-state index < -0.39 is 0 Å². The van der Waals surface area contributed by atoms with Gasteiger partial charge in [-0.05, 0) is 76.5 Å². The SMILES string of the molecule is C=C[C@@H]1[C@@H](c2cc(OC)c3c(c2)OCO3)CN(CC(=O)N(CCCC)CCCCN(C)C)[C@H]1CCc1ccncn1. The van der Waals surface area contributed by atoms with Gasteiger partial charge in [0.1, 0.15) is 6.33 Å². The molecule has 1 saturated heterocycles. The second-order valence-electron chi connectivity index (χ2n) is 11.4. The number of hydrogen-bond donors (Lipinski definition) is 0. The second kappa shape index (κ2) is 15.2. The topological polar surface area (TPSA) is 80.3 Å². The fourth-order valence-corrected chi connectivity index (χ4v) is 6.07. The van der Waals surface area contributed by atoms with Gasteiger partial charge in [0.2, 0.25) is 18.4 Å². The summed E-state index contributed by atoms with van der Waals surface area (Å²) in [5, 5.41) is 0. The molecule has 3 heterocycles. The summed E-state index contributed by atoms with van der Waals surface area (Å²) in [6.07, 6.45) is 11.3. The van der Waals surface area contributed by atoms with E-state index in [0.717, 1.165) is 76.0 Å². The smallest absolute Gasteiger partial charge is 0.236 e. The largest absolute Gasteiger partial charge is 0.493 e. The summed E-state index contributed by atoms with van der Waals surface area (Å²) in [7, 11) is 5.84. The number of methoxy groups -OCH3 is 1. The Morgan fingerprint density at radius 3 is 2.71 bits per heavy atom. The van der Waals surface area contributed by atoms with Gasteiger partial charge in [0.15, 0.2) is 11.5 Å². The fourth-order valence-electron chi connectivity index (χ4n) is 6.07. The van der Waals surface area contributed by atoms with E-state index in [2.05, 4.69) is 70.5 Å². The van der Waals surface area contributed by atoms with Crippen LogP contribution in [0.25, 0.3) is 0 Å². The summed E-state index contributed by atoms with van der Waals surface area (Å²) in [6.45, 7) is 10.4. The molecule has 1 fully saturated rings. The van der Waals surface area contributed by atoms with Crippen LogP contribution in [0.3, 0.4) is 0 Å². The third kappa shape index (κ3) is 7.98. The van der Waals surface area contributed by atoms with E-state index in [-0.39, 0.29) is 30.6 Å². The molecule has 1 aromatic heterocycles. The predicted octanol–water partition coefficient (Wildman–Crippen LogP) is 4.39.